The Morgan fingerprint density at radius 3 is 1.61 bits per heavy atom. The van der Waals surface area contributed by atoms with E-state index >= 15 is 0 Å². The zero-order valence-electron chi connectivity index (χ0n) is 31.6. The molecule has 11 aromatic rings. The van der Waals surface area contributed by atoms with Gasteiger partial charge in [0.15, 0.2) is 0 Å². The molecule has 0 fully saturated rings. The van der Waals surface area contributed by atoms with Crippen LogP contribution in [0, 0.1) is 0 Å². The van der Waals surface area contributed by atoms with E-state index in [9.17, 15) is 13.2 Å². The molecule has 0 aliphatic rings. The zero-order valence-corrected chi connectivity index (χ0v) is 31.6. The van der Waals surface area contributed by atoms with Gasteiger partial charge in [0.2, 0.25) is 0 Å². The lowest BCUT2D eigenvalue weighted by Crippen LogP contribution is -2.03. The van der Waals surface area contributed by atoms with Gasteiger partial charge in [-0.25, -0.2) is 0 Å². The molecule has 5 heteroatoms. The van der Waals surface area contributed by atoms with Crippen LogP contribution in [0.4, 0.5) is 13.2 Å². The van der Waals surface area contributed by atoms with Crippen LogP contribution in [0.15, 0.2) is 200 Å². The Balaban J connectivity index is 1.09. The topological polar surface area (TPSA) is 17.8 Å². The molecule has 9 aromatic carbocycles. The molecule has 0 radical (unpaired) electrons. The molecule has 11 rings (SSSR count). The molecule has 0 aliphatic carbocycles. The van der Waals surface area contributed by atoms with Crippen molar-refractivity contribution >= 4 is 54.1 Å². The van der Waals surface area contributed by atoms with Crippen LogP contribution in [0.5, 0.6) is 0 Å². The Morgan fingerprint density at radius 1 is 0.390 bits per heavy atom. The second-order valence-corrected chi connectivity index (χ2v) is 15.0. The van der Waals surface area contributed by atoms with Gasteiger partial charge >= 0.3 is 6.18 Å². The van der Waals surface area contributed by atoms with Crippen molar-refractivity contribution in [3.8, 4) is 50.3 Å². The second-order valence-electron chi connectivity index (χ2n) is 15.0. The second kappa shape index (κ2) is 13.6. The highest BCUT2D eigenvalue weighted by molar-refractivity contribution is 6.22. The third-order valence-corrected chi connectivity index (χ3v) is 11.7. The summed E-state index contributed by atoms with van der Waals surface area (Å²) in [6.07, 6.45) is -2.55. The summed E-state index contributed by atoms with van der Waals surface area (Å²) >= 11 is 0. The Bertz CT molecular complexity index is 3340. The first kappa shape index (κ1) is 34.7. The van der Waals surface area contributed by atoms with E-state index in [1.165, 1.54) is 49.0 Å². The number of hydrogen-bond donors (Lipinski definition) is 0. The van der Waals surface area contributed by atoms with Crippen LogP contribution in [0.2, 0.25) is 0 Å². The molecule has 0 unspecified atom stereocenters. The number of alkyl halides is 3. The van der Waals surface area contributed by atoms with Gasteiger partial charge in [-0.05, 0) is 114 Å². The van der Waals surface area contributed by atoms with E-state index in [1.54, 1.807) is 12.1 Å². The van der Waals surface area contributed by atoms with Crippen molar-refractivity contribution < 1.29 is 13.2 Å². The van der Waals surface area contributed by atoms with Crippen molar-refractivity contribution in [2.75, 3.05) is 0 Å². The van der Waals surface area contributed by atoms with Gasteiger partial charge in [-0.3, -0.25) is 4.98 Å². The molecule has 2 heterocycles. The number of hydrogen-bond acceptors (Lipinski definition) is 1. The van der Waals surface area contributed by atoms with Gasteiger partial charge < -0.3 is 4.57 Å². The van der Waals surface area contributed by atoms with Gasteiger partial charge in [-0.1, -0.05) is 146 Å². The molecule has 280 valence electrons. The number of pyridine rings is 1. The predicted molar refractivity (Wildman–Crippen MR) is 238 cm³/mol. The van der Waals surface area contributed by atoms with Crippen LogP contribution < -0.4 is 0 Å². The van der Waals surface area contributed by atoms with E-state index in [0.29, 0.717) is 5.56 Å². The van der Waals surface area contributed by atoms with E-state index in [2.05, 4.69) is 144 Å². The van der Waals surface area contributed by atoms with E-state index in [-0.39, 0.29) is 0 Å². The van der Waals surface area contributed by atoms with Crippen LogP contribution >= 0.6 is 0 Å². The van der Waals surface area contributed by atoms with Crippen LogP contribution in [0.25, 0.3) is 104 Å². The molecule has 2 nitrogen and oxygen atoms in total. The quantitative estimate of drug-likeness (QED) is 0.160. The van der Waals surface area contributed by atoms with Crippen molar-refractivity contribution in [2.24, 2.45) is 0 Å². The van der Waals surface area contributed by atoms with Gasteiger partial charge in [0, 0.05) is 28.2 Å². The molecular weight excluding hydrogens is 734 g/mol. The Labute approximate surface area is 338 Å². The number of benzene rings is 9. The lowest BCUT2D eigenvalue weighted by molar-refractivity contribution is -0.137. The number of fused-ring (bicyclic) bond motifs is 6. The SMILES string of the molecule is FC(F)(F)c1ccc(-c2ccc3c(c2)c2c(-c4ccccc4)nccc2n3-c2ccc(-c3c4ccccc4c(-c4ccc5ccccc5c4)c4ccccc34)cc2)cc1. The maximum Gasteiger partial charge on any atom is 0.416 e. The molecule has 0 amide bonds. The van der Waals surface area contributed by atoms with Crippen molar-refractivity contribution in [1.82, 2.24) is 9.55 Å². The Hall–Kier alpha value is -7.50. The number of halogens is 3. The third-order valence-electron chi connectivity index (χ3n) is 11.7. The predicted octanol–water partition coefficient (Wildman–Crippen LogP) is 15.3. The third kappa shape index (κ3) is 5.77. The summed E-state index contributed by atoms with van der Waals surface area (Å²) in [5, 5.41) is 9.16. The minimum absolute atomic E-state index is 0.667. The van der Waals surface area contributed by atoms with Gasteiger partial charge in [-0.2, -0.15) is 13.2 Å². The van der Waals surface area contributed by atoms with E-state index < -0.39 is 11.7 Å². The molecule has 0 aliphatic heterocycles. The molecular formula is C54H33F3N2. The smallest absolute Gasteiger partial charge is 0.309 e. The molecule has 0 N–H and O–H groups in total. The van der Waals surface area contributed by atoms with Gasteiger partial charge in [0.05, 0.1) is 22.3 Å². The molecule has 0 saturated heterocycles. The first-order valence-electron chi connectivity index (χ1n) is 19.6. The maximum absolute atomic E-state index is 13.4. The van der Waals surface area contributed by atoms with Gasteiger partial charge in [0.1, 0.15) is 0 Å². The molecule has 0 bridgehead atoms. The maximum atomic E-state index is 13.4. The van der Waals surface area contributed by atoms with Crippen LogP contribution in [0.1, 0.15) is 5.56 Å². The summed E-state index contributed by atoms with van der Waals surface area (Å²) in [5.41, 5.74) is 10.4. The van der Waals surface area contributed by atoms with Crippen molar-refractivity contribution in [2.45, 2.75) is 6.18 Å². The average Bonchev–Trinajstić information content (AvgIpc) is 3.62. The van der Waals surface area contributed by atoms with Crippen LogP contribution in [-0.4, -0.2) is 9.55 Å². The fourth-order valence-electron chi connectivity index (χ4n) is 8.96. The molecule has 0 spiro atoms. The first-order chi connectivity index (χ1) is 28.9. The fourth-order valence-corrected chi connectivity index (χ4v) is 8.96. The number of rotatable bonds is 5. The minimum atomic E-state index is -4.40. The fraction of sp³-hybridized carbons (Fsp3) is 0.0185. The highest BCUT2D eigenvalue weighted by Crippen LogP contribution is 2.45. The van der Waals surface area contributed by atoms with Crippen molar-refractivity contribution in [3.05, 3.63) is 206 Å². The molecule has 0 atom stereocenters. The van der Waals surface area contributed by atoms with E-state index in [4.69, 9.17) is 4.98 Å². The molecule has 0 saturated carbocycles. The summed E-state index contributed by atoms with van der Waals surface area (Å²) in [5.74, 6) is 0. The summed E-state index contributed by atoms with van der Waals surface area (Å²) < 4.78 is 42.6. The highest BCUT2D eigenvalue weighted by Gasteiger charge is 2.30. The Kier molecular flexibility index (Phi) is 7.99. The minimum Gasteiger partial charge on any atom is -0.309 e. The Morgan fingerprint density at radius 2 is 0.949 bits per heavy atom. The number of aromatic nitrogens is 2. The van der Waals surface area contributed by atoms with E-state index in [0.717, 1.165) is 62.0 Å². The molecule has 2 aromatic heterocycles. The zero-order chi connectivity index (χ0) is 39.7. The average molecular weight is 767 g/mol. The molecule has 59 heavy (non-hydrogen) atoms. The van der Waals surface area contributed by atoms with Crippen LogP contribution in [0.3, 0.4) is 0 Å². The summed E-state index contributed by atoms with van der Waals surface area (Å²) in [4.78, 5) is 4.89. The highest BCUT2D eigenvalue weighted by atomic mass is 19.4. The normalized spacial score (nSPS) is 12.0. The lowest BCUT2D eigenvalue weighted by atomic mass is 9.85. The number of nitrogens with zero attached hydrogens (tertiary/aromatic N) is 2. The van der Waals surface area contributed by atoms with Crippen molar-refractivity contribution in [1.29, 1.82) is 0 Å². The van der Waals surface area contributed by atoms with Crippen molar-refractivity contribution in [3.63, 3.8) is 0 Å². The van der Waals surface area contributed by atoms with Gasteiger partial charge in [-0.15, -0.1) is 0 Å². The van der Waals surface area contributed by atoms with Crippen LogP contribution in [-0.2, 0) is 6.18 Å². The summed E-state index contributed by atoms with van der Waals surface area (Å²) in [7, 11) is 0. The first-order valence-corrected chi connectivity index (χ1v) is 19.6. The summed E-state index contributed by atoms with van der Waals surface area (Å²) in [6.45, 7) is 0. The lowest BCUT2D eigenvalue weighted by Gasteiger charge is -2.18. The van der Waals surface area contributed by atoms with Gasteiger partial charge in [0.25, 0.3) is 0 Å². The monoisotopic (exact) mass is 766 g/mol. The summed E-state index contributed by atoms with van der Waals surface area (Å²) in [6, 6.07) is 65.1. The largest absolute Gasteiger partial charge is 0.416 e. The standard InChI is InChI=1S/C54H33F3N2/c55-54(56,57)41-25-20-35(21-26-41)39-24-29-48-47(33-39)52-49(30-31-58-53(52)37-11-2-1-3-12-37)59(48)42-27-22-36(23-28-42)50-43-14-6-8-16-45(43)51(46-17-9-7-15-44(46)50)40-19-18-34-10-4-5-13-38(34)32-40/h1-33H. The van der Waals surface area contributed by atoms with E-state index in [1.807, 2.05) is 36.5 Å².